The van der Waals surface area contributed by atoms with Gasteiger partial charge in [-0.05, 0) is 87.0 Å². The average Bonchev–Trinajstić information content (AvgIpc) is 3.46. The van der Waals surface area contributed by atoms with Crippen molar-refractivity contribution < 1.29 is 0 Å². The third kappa shape index (κ3) is 5.75. The number of aromatic nitrogens is 3. The van der Waals surface area contributed by atoms with Gasteiger partial charge in [0.05, 0.1) is 22.4 Å². The van der Waals surface area contributed by atoms with E-state index in [1.54, 1.807) is 0 Å². The van der Waals surface area contributed by atoms with E-state index in [1.165, 1.54) is 60.6 Å². The van der Waals surface area contributed by atoms with E-state index in [0.29, 0.717) is 5.82 Å². The summed E-state index contributed by atoms with van der Waals surface area (Å²) in [4.78, 5) is 10.6. The summed E-state index contributed by atoms with van der Waals surface area (Å²) in [5.41, 5.74) is 15.7. The van der Waals surface area contributed by atoms with Gasteiger partial charge < -0.3 is 4.57 Å². The molecule has 58 heavy (non-hydrogen) atoms. The van der Waals surface area contributed by atoms with Gasteiger partial charge in [-0.3, -0.25) is 0 Å². The van der Waals surface area contributed by atoms with Crippen LogP contribution in [0.2, 0.25) is 0 Å². The molecule has 2 aromatic heterocycles. The Morgan fingerprint density at radius 1 is 0.397 bits per heavy atom. The lowest BCUT2D eigenvalue weighted by molar-refractivity contribution is 1.18. The van der Waals surface area contributed by atoms with Crippen molar-refractivity contribution in [1.29, 1.82) is 0 Å². The van der Waals surface area contributed by atoms with Crippen LogP contribution in [0.25, 0.3) is 94.9 Å². The summed E-state index contributed by atoms with van der Waals surface area (Å²) in [5.74, 6) is 0.704. The summed E-state index contributed by atoms with van der Waals surface area (Å²) in [6.45, 7) is 0. The Hall–Kier alpha value is -7.62. The first kappa shape index (κ1) is 33.7. The molecular weight excluding hydrogens is 703 g/mol. The standard InChI is InChI=1S/C55H37N3/c1-4-17-37(18-5-1)41-23-10-11-25-45-44(41)28-16-29-47(45)51-36-52(57-55(56-51)38-19-6-2-7-20-38)48-33-32-42(43-24-12-13-26-46(43)48)39-31-34-54-50(35-39)49-27-14-15-30-53(49)58(54)40-21-8-3-9-22-40/h1-9,11-36H,10H2. The predicted octanol–water partition coefficient (Wildman–Crippen LogP) is 14.2. The van der Waals surface area contributed by atoms with Crippen molar-refractivity contribution in [3.63, 3.8) is 0 Å². The van der Waals surface area contributed by atoms with Crippen molar-refractivity contribution in [3.05, 3.63) is 223 Å². The van der Waals surface area contributed by atoms with Crippen molar-refractivity contribution in [3.8, 4) is 50.7 Å². The molecule has 0 unspecified atom stereocenters. The summed E-state index contributed by atoms with van der Waals surface area (Å²) in [5, 5.41) is 4.81. The molecule has 10 aromatic rings. The highest BCUT2D eigenvalue weighted by Crippen LogP contribution is 2.41. The average molecular weight is 740 g/mol. The maximum atomic E-state index is 5.31. The SMILES string of the molecule is C1=Cc2c(cccc2-c2cc(-c3ccc(-c4ccc5c(c4)c4ccccc4n5-c4ccccc4)c4ccccc34)nc(-c3ccccc3)n2)C(c2ccccc2)=CC1. The van der Waals surface area contributed by atoms with E-state index < -0.39 is 0 Å². The van der Waals surface area contributed by atoms with Crippen LogP contribution in [0.4, 0.5) is 0 Å². The number of benzene rings is 8. The van der Waals surface area contributed by atoms with E-state index in [-0.39, 0.29) is 0 Å². The Kier molecular flexibility index (Phi) is 8.22. The Labute approximate surface area is 337 Å². The zero-order valence-electron chi connectivity index (χ0n) is 31.8. The van der Waals surface area contributed by atoms with Crippen molar-refractivity contribution in [2.45, 2.75) is 6.42 Å². The molecule has 2 heterocycles. The van der Waals surface area contributed by atoms with Gasteiger partial charge in [-0.25, -0.2) is 9.97 Å². The molecule has 0 atom stereocenters. The molecule has 0 N–H and O–H groups in total. The summed E-state index contributed by atoms with van der Waals surface area (Å²) in [6.07, 6.45) is 7.71. The van der Waals surface area contributed by atoms with Crippen molar-refractivity contribution in [2.24, 2.45) is 0 Å². The molecular formula is C55H37N3. The highest BCUT2D eigenvalue weighted by molar-refractivity contribution is 6.12. The summed E-state index contributed by atoms with van der Waals surface area (Å²) in [7, 11) is 0. The van der Waals surface area contributed by atoms with Crippen molar-refractivity contribution in [2.75, 3.05) is 0 Å². The monoisotopic (exact) mass is 739 g/mol. The van der Waals surface area contributed by atoms with Gasteiger partial charge in [0, 0.05) is 33.2 Å². The molecule has 0 saturated heterocycles. The van der Waals surface area contributed by atoms with Gasteiger partial charge in [-0.1, -0.05) is 176 Å². The van der Waals surface area contributed by atoms with Crippen LogP contribution in [0.5, 0.6) is 0 Å². The number of allylic oxidation sites excluding steroid dienone is 2. The minimum absolute atomic E-state index is 0.704. The van der Waals surface area contributed by atoms with E-state index in [0.717, 1.165) is 45.6 Å². The fraction of sp³-hybridized carbons (Fsp3) is 0.0182. The van der Waals surface area contributed by atoms with Crippen LogP contribution in [0.1, 0.15) is 23.1 Å². The molecule has 3 nitrogen and oxygen atoms in total. The largest absolute Gasteiger partial charge is 0.309 e. The minimum atomic E-state index is 0.704. The molecule has 0 amide bonds. The maximum absolute atomic E-state index is 5.31. The van der Waals surface area contributed by atoms with Gasteiger partial charge in [0.1, 0.15) is 0 Å². The lowest BCUT2D eigenvalue weighted by Crippen LogP contribution is -1.99. The van der Waals surface area contributed by atoms with E-state index in [9.17, 15) is 0 Å². The van der Waals surface area contributed by atoms with Gasteiger partial charge >= 0.3 is 0 Å². The van der Waals surface area contributed by atoms with Crippen molar-refractivity contribution in [1.82, 2.24) is 14.5 Å². The summed E-state index contributed by atoms with van der Waals surface area (Å²) >= 11 is 0. The number of hydrogen-bond acceptors (Lipinski definition) is 2. The number of hydrogen-bond donors (Lipinski definition) is 0. The predicted molar refractivity (Wildman–Crippen MR) is 243 cm³/mol. The second kappa shape index (κ2) is 14.1. The topological polar surface area (TPSA) is 30.7 Å². The maximum Gasteiger partial charge on any atom is 0.160 e. The Bertz CT molecular complexity index is 3230. The molecule has 0 bridgehead atoms. The van der Waals surface area contributed by atoms with E-state index in [1.807, 2.05) is 6.07 Å². The van der Waals surface area contributed by atoms with Gasteiger partial charge in [-0.2, -0.15) is 0 Å². The third-order valence-corrected chi connectivity index (χ3v) is 11.5. The Morgan fingerprint density at radius 3 is 1.78 bits per heavy atom. The molecule has 1 aliphatic rings. The molecule has 1 aliphatic carbocycles. The summed E-state index contributed by atoms with van der Waals surface area (Å²) in [6, 6.07) is 69.3. The van der Waals surface area contributed by atoms with E-state index in [2.05, 4.69) is 211 Å². The van der Waals surface area contributed by atoms with Crippen LogP contribution in [0.15, 0.2) is 206 Å². The first-order valence-electron chi connectivity index (χ1n) is 19.9. The van der Waals surface area contributed by atoms with Crippen LogP contribution in [-0.4, -0.2) is 14.5 Å². The minimum Gasteiger partial charge on any atom is -0.309 e. The number of rotatable bonds is 6. The first-order chi connectivity index (χ1) is 28.8. The lowest BCUT2D eigenvalue weighted by atomic mass is 9.90. The van der Waals surface area contributed by atoms with Crippen molar-refractivity contribution >= 4 is 44.2 Å². The molecule has 0 spiro atoms. The van der Waals surface area contributed by atoms with Gasteiger partial charge in [0.15, 0.2) is 5.82 Å². The molecule has 0 saturated carbocycles. The van der Waals surface area contributed by atoms with Crippen LogP contribution in [-0.2, 0) is 0 Å². The quantitative estimate of drug-likeness (QED) is 0.170. The van der Waals surface area contributed by atoms with E-state index in [4.69, 9.17) is 9.97 Å². The van der Waals surface area contributed by atoms with E-state index >= 15 is 0 Å². The van der Waals surface area contributed by atoms with Gasteiger partial charge in [-0.15, -0.1) is 0 Å². The first-order valence-corrected chi connectivity index (χ1v) is 19.9. The summed E-state index contributed by atoms with van der Waals surface area (Å²) < 4.78 is 2.37. The third-order valence-electron chi connectivity index (χ3n) is 11.5. The van der Waals surface area contributed by atoms with Gasteiger partial charge in [0.25, 0.3) is 0 Å². The zero-order chi connectivity index (χ0) is 38.4. The molecule has 0 aliphatic heterocycles. The fourth-order valence-corrected chi connectivity index (χ4v) is 8.79. The normalized spacial score (nSPS) is 12.4. The molecule has 8 aromatic carbocycles. The Balaban J connectivity index is 1.09. The number of fused-ring (bicyclic) bond motifs is 5. The Morgan fingerprint density at radius 2 is 1.00 bits per heavy atom. The highest BCUT2D eigenvalue weighted by atomic mass is 15.0. The zero-order valence-corrected chi connectivity index (χ0v) is 31.8. The smallest absolute Gasteiger partial charge is 0.160 e. The molecule has 0 fully saturated rings. The molecule has 3 heteroatoms. The van der Waals surface area contributed by atoms with Crippen LogP contribution in [0, 0.1) is 0 Å². The highest BCUT2D eigenvalue weighted by Gasteiger charge is 2.20. The number of para-hydroxylation sites is 2. The number of nitrogens with zero attached hydrogens (tertiary/aromatic N) is 3. The second-order valence-corrected chi connectivity index (χ2v) is 14.8. The second-order valence-electron chi connectivity index (χ2n) is 14.8. The molecule has 272 valence electrons. The fourth-order valence-electron chi connectivity index (χ4n) is 8.79. The molecule has 0 radical (unpaired) electrons. The van der Waals surface area contributed by atoms with Crippen LogP contribution < -0.4 is 0 Å². The van der Waals surface area contributed by atoms with Crippen LogP contribution in [0.3, 0.4) is 0 Å². The molecule has 11 rings (SSSR count). The van der Waals surface area contributed by atoms with Gasteiger partial charge in [0.2, 0.25) is 0 Å². The lowest BCUT2D eigenvalue weighted by Gasteiger charge is -2.17. The van der Waals surface area contributed by atoms with Crippen LogP contribution >= 0.6 is 0 Å².